The van der Waals surface area contributed by atoms with E-state index in [9.17, 15) is 4.79 Å². The lowest BCUT2D eigenvalue weighted by Crippen LogP contribution is -2.54. The third-order valence-electron chi connectivity index (χ3n) is 5.28. The Labute approximate surface area is 173 Å². The number of carbonyl (C=O) groups excluding carboxylic acids is 1. The molecule has 0 saturated carbocycles. The molecule has 1 aromatic carbocycles. The first-order valence-corrected chi connectivity index (χ1v) is 9.93. The van der Waals surface area contributed by atoms with E-state index in [1.807, 2.05) is 52.9 Å². The van der Waals surface area contributed by atoms with E-state index in [0.717, 1.165) is 11.6 Å². The van der Waals surface area contributed by atoms with Crippen molar-refractivity contribution in [1.29, 1.82) is 0 Å². The van der Waals surface area contributed by atoms with E-state index in [4.69, 9.17) is 9.47 Å². The van der Waals surface area contributed by atoms with Gasteiger partial charge in [-0.05, 0) is 19.1 Å². The molecular weight excluding hydrogens is 384 g/mol. The SMILES string of the molecule is Cc1nc(N2CCN(C(=O)C3COc4ccccc4O3)CC2)cc(-n2ccnc2)n1. The molecule has 1 fully saturated rings. The molecule has 9 heteroatoms. The summed E-state index contributed by atoms with van der Waals surface area (Å²) >= 11 is 0. The molecule has 0 spiro atoms. The van der Waals surface area contributed by atoms with Crippen LogP contribution < -0.4 is 14.4 Å². The number of aryl methyl sites for hydroxylation is 1. The van der Waals surface area contributed by atoms with Gasteiger partial charge in [0.2, 0.25) is 6.10 Å². The molecule has 30 heavy (non-hydrogen) atoms. The van der Waals surface area contributed by atoms with Gasteiger partial charge in [-0.15, -0.1) is 0 Å². The van der Waals surface area contributed by atoms with Crippen LogP contribution in [0.4, 0.5) is 5.82 Å². The van der Waals surface area contributed by atoms with Gasteiger partial charge in [0.1, 0.15) is 30.4 Å². The molecule has 3 aromatic rings. The Bertz CT molecular complexity index is 1050. The average Bonchev–Trinajstić information content (AvgIpc) is 3.33. The van der Waals surface area contributed by atoms with Crippen molar-refractivity contribution in [2.75, 3.05) is 37.7 Å². The van der Waals surface area contributed by atoms with Crippen molar-refractivity contribution in [2.45, 2.75) is 13.0 Å². The highest BCUT2D eigenvalue weighted by molar-refractivity contribution is 5.82. The van der Waals surface area contributed by atoms with Crippen LogP contribution in [0.15, 0.2) is 49.1 Å². The molecular formula is C21H22N6O3. The number of amides is 1. The Kier molecular flexibility index (Phi) is 4.70. The summed E-state index contributed by atoms with van der Waals surface area (Å²) in [5.41, 5.74) is 0. The van der Waals surface area contributed by atoms with Crippen LogP contribution in [0.1, 0.15) is 5.82 Å². The Morgan fingerprint density at radius 3 is 2.60 bits per heavy atom. The number of piperazine rings is 1. The van der Waals surface area contributed by atoms with Gasteiger partial charge in [-0.3, -0.25) is 9.36 Å². The summed E-state index contributed by atoms with van der Waals surface area (Å²) in [4.78, 5) is 30.1. The minimum absolute atomic E-state index is 0.0397. The van der Waals surface area contributed by atoms with Crippen LogP contribution in [0.2, 0.25) is 0 Å². The highest BCUT2D eigenvalue weighted by Crippen LogP contribution is 2.31. The van der Waals surface area contributed by atoms with Crippen LogP contribution in [0, 0.1) is 6.92 Å². The van der Waals surface area contributed by atoms with E-state index in [2.05, 4.69) is 19.9 Å². The van der Waals surface area contributed by atoms with Gasteiger partial charge >= 0.3 is 0 Å². The monoisotopic (exact) mass is 406 g/mol. The minimum atomic E-state index is -0.611. The van der Waals surface area contributed by atoms with Crippen LogP contribution in [0.3, 0.4) is 0 Å². The molecule has 1 unspecified atom stereocenters. The van der Waals surface area contributed by atoms with Crippen LogP contribution in [-0.4, -0.2) is 69.2 Å². The van der Waals surface area contributed by atoms with Crippen molar-refractivity contribution in [3.05, 3.63) is 54.9 Å². The third kappa shape index (κ3) is 3.54. The maximum Gasteiger partial charge on any atom is 0.267 e. The van der Waals surface area contributed by atoms with Crippen molar-refractivity contribution < 1.29 is 14.3 Å². The molecule has 1 atom stereocenters. The molecule has 2 aliphatic heterocycles. The predicted molar refractivity (Wildman–Crippen MR) is 109 cm³/mol. The highest BCUT2D eigenvalue weighted by Gasteiger charge is 2.33. The van der Waals surface area contributed by atoms with Crippen molar-refractivity contribution in [3.63, 3.8) is 0 Å². The number of hydrogen-bond acceptors (Lipinski definition) is 7. The number of ether oxygens (including phenoxy) is 2. The lowest BCUT2D eigenvalue weighted by molar-refractivity contribution is -0.141. The van der Waals surface area contributed by atoms with E-state index >= 15 is 0 Å². The molecule has 4 heterocycles. The second-order valence-corrected chi connectivity index (χ2v) is 7.28. The molecule has 9 nitrogen and oxygen atoms in total. The molecule has 0 N–H and O–H groups in total. The number of para-hydroxylation sites is 2. The van der Waals surface area contributed by atoms with Crippen molar-refractivity contribution in [3.8, 4) is 17.3 Å². The van der Waals surface area contributed by atoms with Crippen LogP contribution in [-0.2, 0) is 4.79 Å². The fourth-order valence-corrected chi connectivity index (χ4v) is 3.73. The molecule has 2 aliphatic rings. The zero-order valence-electron chi connectivity index (χ0n) is 16.6. The van der Waals surface area contributed by atoms with Gasteiger partial charge in [0.05, 0.1) is 0 Å². The second kappa shape index (κ2) is 7.66. The number of benzene rings is 1. The smallest absolute Gasteiger partial charge is 0.267 e. The first-order chi connectivity index (χ1) is 14.7. The van der Waals surface area contributed by atoms with Crippen molar-refractivity contribution in [2.24, 2.45) is 0 Å². The second-order valence-electron chi connectivity index (χ2n) is 7.28. The maximum atomic E-state index is 12.9. The number of carbonyl (C=O) groups is 1. The zero-order valence-corrected chi connectivity index (χ0v) is 16.6. The maximum absolute atomic E-state index is 12.9. The fraction of sp³-hybridized carbons (Fsp3) is 0.333. The summed E-state index contributed by atoms with van der Waals surface area (Å²) in [7, 11) is 0. The molecule has 0 bridgehead atoms. The summed E-state index contributed by atoms with van der Waals surface area (Å²) in [5.74, 6) is 3.58. The minimum Gasteiger partial charge on any atom is -0.485 e. The number of hydrogen-bond donors (Lipinski definition) is 0. The molecule has 1 amide bonds. The van der Waals surface area contributed by atoms with Crippen LogP contribution in [0.25, 0.3) is 5.82 Å². The van der Waals surface area contributed by atoms with E-state index in [0.29, 0.717) is 43.5 Å². The van der Waals surface area contributed by atoms with Gasteiger partial charge in [0.15, 0.2) is 11.5 Å². The Morgan fingerprint density at radius 2 is 1.83 bits per heavy atom. The van der Waals surface area contributed by atoms with Crippen molar-refractivity contribution in [1.82, 2.24) is 24.4 Å². The van der Waals surface area contributed by atoms with E-state index < -0.39 is 6.10 Å². The molecule has 0 aliphatic carbocycles. The topological polar surface area (TPSA) is 85.6 Å². The summed E-state index contributed by atoms with van der Waals surface area (Å²) in [6.07, 6.45) is 4.68. The van der Waals surface area contributed by atoms with Gasteiger partial charge in [-0.25, -0.2) is 15.0 Å². The van der Waals surface area contributed by atoms with E-state index in [-0.39, 0.29) is 12.5 Å². The van der Waals surface area contributed by atoms with Gasteiger partial charge in [-0.1, -0.05) is 12.1 Å². The number of rotatable bonds is 3. The fourth-order valence-electron chi connectivity index (χ4n) is 3.73. The van der Waals surface area contributed by atoms with Gasteiger partial charge in [0.25, 0.3) is 5.91 Å². The first-order valence-electron chi connectivity index (χ1n) is 9.93. The van der Waals surface area contributed by atoms with E-state index in [1.165, 1.54) is 0 Å². The third-order valence-corrected chi connectivity index (χ3v) is 5.28. The highest BCUT2D eigenvalue weighted by atomic mass is 16.6. The molecule has 0 radical (unpaired) electrons. The first kappa shape index (κ1) is 18.4. The van der Waals surface area contributed by atoms with E-state index in [1.54, 1.807) is 12.5 Å². The summed E-state index contributed by atoms with van der Waals surface area (Å²) < 4.78 is 13.4. The predicted octanol–water partition coefficient (Wildman–Crippen LogP) is 1.46. The van der Waals surface area contributed by atoms with Crippen LogP contribution >= 0.6 is 0 Å². The lowest BCUT2D eigenvalue weighted by atomic mass is 10.2. The lowest BCUT2D eigenvalue weighted by Gasteiger charge is -2.37. The molecule has 5 rings (SSSR count). The molecule has 154 valence electrons. The Balaban J connectivity index is 1.24. The average molecular weight is 406 g/mol. The number of anilines is 1. The zero-order chi connectivity index (χ0) is 20.5. The largest absolute Gasteiger partial charge is 0.485 e. The number of aromatic nitrogens is 4. The Hall–Kier alpha value is -3.62. The van der Waals surface area contributed by atoms with Crippen molar-refractivity contribution >= 4 is 11.7 Å². The standard InChI is InChI=1S/C21H22N6O3/c1-15-23-19(12-20(24-15)27-7-6-22-14-27)25-8-10-26(11-9-25)21(28)18-13-29-16-4-2-3-5-17(16)30-18/h2-7,12,14,18H,8-11,13H2,1H3. The quantitative estimate of drug-likeness (QED) is 0.651. The summed E-state index contributed by atoms with van der Waals surface area (Å²) in [5, 5.41) is 0. The number of imidazole rings is 1. The summed E-state index contributed by atoms with van der Waals surface area (Å²) in [6.45, 7) is 4.69. The van der Waals surface area contributed by atoms with Gasteiger partial charge < -0.3 is 19.3 Å². The normalized spacial score (nSPS) is 18.4. The summed E-state index contributed by atoms with van der Waals surface area (Å²) in [6, 6.07) is 9.37. The van der Waals surface area contributed by atoms with Crippen LogP contribution in [0.5, 0.6) is 11.5 Å². The molecule has 1 saturated heterocycles. The number of fused-ring (bicyclic) bond motifs is 1. The Morgan fingerprint density at radius 1 is 1.07 bits per heavy atom. The van der Waals surface area contributed by atoms with Gasteiger partial charge in [0, 0.05) is 44.6 Å². The molecule has 2 aromatic heterocycles. The number of nitrogens with zero attached hydrogens (tertiary/aromatic N) is 6. The van der Waals surface area contributed by atoms with Gasteiger partial charge in [-0.2, -0.15) is 0 Å².